The SMILES string of the molecule is CC(C)(C)c1ccc(N2c3cc(-c4ccccc4)cc4c3B(c3sc5ccccc5c32)N(c2ccc(-c3ccccc3)cc2)c2cc3c(cc2-4)-c2ccccc2C3(C)C)c(-c2ccccc2)c1. The van der Waals surface area contributed by atoms with E-state index in [0.717, 1.165) is 0 Å². The van der Waals surface area contributed by atoms with Crippen molar-refractivity contribution in [2.24, 2.45) is 0 Å². The molecule has 0 N–H and O–H groups in total. The molecule has 10 aromatic rings. The van der Waals surface area contributed by atoms with E-state index < -0.39 is 0 Å². The summed E-state index contributed by atoms with van der Waals surface area (Å²) in [5.41, 5.74) is 23.8. The van der Waals surface area contributed by atoms with Gasteiger partial charge in [-0.05, 0) is 127 Å². The average Bonchev–Trinajstić information content (AvgIpc) is 3.85. The Bertz CT molecular complexity index is 3580. The Labute approximate surface area is 398 Å². The van der Waals surface area contributed by atoms with Gasteiger partial charge in [0.2, 0.25) is 0 Å². The van der Waals surface area contributed by atoms with Gasteiger partial charge in [0, 0.05) is 48.5 Å². The smallest absolute Gasteiger partial charge is 0.343 e. The third kappa shape index (κ3) is 6.09. The van der Waals surface area contributed by atoms with E-state index in [0.29, 0.717) is 0 Å². The van der Waals surface area contributed by atoms with Crippen molar-refractivity contribution in [1.29, 1.82) is 0 Å². The second-order valence-electron chi connectivity index (χ2n) is 20.1. The predicted molar refractivity (Wildman–Crippen MR) is 288 cm³/mol. The van der Waals surface area contributed by atoms with Crippen molar-refractivity contribution in [1.82, 2.24) is 0 Å². The largest absolute Gasteiger partial charge is 0.376 e. The van der Waals surface area contributed by atoms with Gasteiger partial charge in [0.05, 0.1) is 11.4 Å². The van der Waals surface area contributed by atoms with E-state index >= 15 is 0 Å². The maximum atomic E-state index is 2.70. The second kappa shape index (κ2) is 14.8. The lowest BCUT2D eigenvalue weighted by Gasteiger charge is -2.45. The molecule has 0 radical (unpaired) electrons. The summed E-state index contributed by atoms with van der Waals surface area (Å²) in [5, 5.41) is 1.27. The standard InChI is InChI=1S/C63H49BN2S/c1-62(2,3)45-31-34-55(49(37-45)43-23-13-8-14-24-43)65-57-36-44(41-21-11-7-12-22-41)35-52-51-38-50-47-25-15-17-27-53(47)63(4,5)54(50)39-56(51)66(46-32-29-42(30-33-46)40-19-9-6-10-20-40)64(59(52)57)61-60(65)48-26-16-18-28-58(48)67-61/h6-39H,1-5H3. The van der Waals surface area contributed by atoms with Crippen LogP contribution in [0.25, 0.3) is 65.7 Å². The number of thiophene rings is 1. The van der Waals surface area contributed by atoms with Gasteiger partial charge in [-0.1, -0.05) is 186 Å². The van der Waals surface area contributed by atoms with Gasteiger partial charge in [-0.2, -0.15) is 0 Å². The normalized spacial score (nSPS) is 14.1. The molecule has 0 atom stereocenters. The van der Waals surface area contributed by atoms with Crippen LogP contribution in [0.3, 0.4) is 0 Å². The molecule has 2 aliphatic heterocycles. The first-order valence-corrected chi connectivity index (χ1v) is 24.4. The molecule has 1 aliphatic carbocycles. The van der Waals surface area contributed by atoms with Crippen LogP contribution in [0.2, 0.25) is 0 Å². The summed E-state index contributed by atoms with van der Waals surface area (Å²) in [6.07, 6.45) is 0. The predicted octanol–water partition coefficient (Wildman–Crippen LogP) is 16.2. The molecule has 0 unspecified atom stereocenters. The topological polar surface area (TPSA) is 6.48 Å². The van der Waals surface area contributed by atoms with Crippen LogP contribution in [0.5, 0.6) is 0 Å². The minimum atomic E-state index is -0.166. The molecule has 0 saturated heterocycles. The molecular weight excluding hydrogens is 828 g/mol. The van der Waals surface area contributed by atoms with Crippen molar-refractivity contribution in [3.63, 3.8) is 0 Å². The fourth-order valence-electron chi connectivity index (χ4n) is 11.4. The average molecular weight is 877 g/mol. The van der Waals surface area contributed by atoms with Crippen molar-refractivity contribution in [2.75, 3.05) is 9.71 Å². The van der Waals surface area contributed by atoms with E-state index in [9.17, 15) is 0 Å². The first-order valence-electron chi connectivity index (χ1n) is 23.6. The molecule has 0 spiro atoms. The first-order chi connectivity index (χ1) is 32.6. The lowest BCUT2D eigenvalue weighted by Crippen LogP contribution is -2.60. The van der Waals surface area contributed by atoms with Crippen molar-refractivity contribution >= 4 is 66.9 Å². The summed E-state index contributed by atoms with van der Waals surface area (Å²) in [6.45, 7) is 11.7. The zero-order valence-electron chi connectivity index (χ0n) is 38.5. The number of nitrogens with zero attached hydrogens (tertiary/aromatic N) is 2. The van der Waals surface area contributed by atoms with E-state index in [2.05, 4.69) is 251 Å². The molecule has 4 heteroatoms. The number of benzene rings is 9. The maximum Gasteiger partial charge on any atom is 0.343 e. The fourth-order valence-corrected chi connectivity index (χ4v) is 12.7. The highest BCUT2D eigenvalue weighted by molar-refractivity contribution is 7.32. The molecule has 0 saturated carbocycles. The van der Waals surface area contributed by atoms with Crippen LogP contribution >= 0.6 is 11.3 Å². The van der Waals surface area contributed by atoms with E-state index in [-0.39, 0.29) is 17.7 Å². The Balaban J connectivity index is 1.17. The van der Waals surface area contributed by atoms with Gasteiger partial charge < -0.3 is 9.71 Å². The highest BCUT2D eigenvalue weighted by atomic mass is 32.1. The third-order valence-electron chi connectivity index (χ3n) is 14.8. The van der Waals surface area contributed by atoms with Crippen molar-refractivity contribution in [2.45, 2.75) is 45.4 Å². The minimum absolute atomic E-state index is 0.0323. The third-order valence-corrected chi connectivity index (χ3v) is 16.0. The molecular formula is C63H49BN2S. The van der Waals surface area contributed by atoms with Gasteiger partial charge in [-0.3, -0.25) is 0 Å². The van der Waals surface area contributed by atoms with E-state index in [4.69, 9.17) is 0 Å². The van der Waals surface area contributed by atoms with Gasteiger partial charge in [0.15, 0.2) is 0 Å². The number of anilines is 5. The van der Waals surface area contributed by atoms with Crippen LogP contribution in [0.15, 0.2) is 206 Å². The number of rotatable bonds is 5. The Hall–Kier alpha value is -7.40. The van der Waals surface area contributed by atoms with Crippen LogP contribution < -0.4 is 20.0 Å². The van der Waals surface area contributed by atoms with Gasteiger partial charge >= 0.3 is 6.85 Å². The lowest BCUT2D eigenvalue weighted by atomic mass is 9.46. The summed E-state index contributed by atoms with van der Waals surface area (Å²) < 4.78 is 2.64. The van der Waals surface area contributed by atoms with E-state index in [1.807, 2.05) is 11.3 Å². The number of fused-ring (bicyclic) bond motifs is 9. The molecule has 1 aromatic heterocycles. The van der Waals surface area contributed by atoms with Crippen LogP contribution in [0, 0.1) is 0 Å². The maximum absolute atomic E-state index is 2.70. The molecule has 3 heterocycles. The van der Waals surface area contributed by atoms with E-state index in [1.165, 1.54) is 121 Å². The highest BCUT2D eigenvalue weighted by Gasteiger charge is 2.49. The van der Waals surface area contributed by atoms with Crippen molar-refractivity contribution in [3.05, 3.63) is 223 Å². The molecule has 67 heavy (non-hydrogen) atoms. The zero-order chi connectivity index (χ0) is 45.2. The molecule has 3 aliphatic rings. The summed E-state index contributed by atoms with van der Waals surface area (Å²) in [5.74, 6) is 0. The molecule has 2 nitrogen and oxygen atoms in total. The van der Waals surface area contributed by atoms with Crippen LogP contribution in [-0.2, 0) is 10.8 Å². The van der Waals surface area contributed by atoms with Gasteiger partial charge in [0.1, 0.15) is 0 Å². The van der Waals surface area contributed by atoms with Crippen molar-refractivity contribution in [3.8, 4) is 55.6 Å². The van der Waals surface area contributed by atoms with Gasteiger partial charge in [0.25, 0.3) is 0 Å². The lowest BCUT2D eigenvalue weighted by molar-refractivity contribution is 0.590. The van der Waals surface area contributed by atoms with Crippen molar-refractivity contribution < 1.29 is 0 Å². The first kappa shape index (κ1) is 39.9. The number of hydrogen-bond donors (Lipinski definition) is 0. The molecule has 0 bridgehead atoms. The molecule has 9 aromatic carbocycles. The summed E-state index contributed by atoms with van der Waals surface area (Å²) in [7, 11) is 0. The quantitative estimate of drug-likeness (QED) is 0.159. The molecule has 0 fully saturated rings. The molecule has 13 rings (SSSR count). The monoisotopic (exact) mass is 876 g/mol. The minimum Gasteiger partial charge on any atom is -0.376 e. The molecule has 0 amide bonds. The van der Waals surface area contributed by atoms with E-state index in [1.54, 1.807) is 0 Å². The van der Waals surface area contributed by atoms with Crippen LogP contribution in [0.4, 0.5) is 28.4 Å². The Morgan fingerprint density at radius 2 is 1.07 bits per heavy atom. The zero-order valence-corrected chi connectivity index (χ0v) is 39.3. The second-order valence-corrected chi connectivity index (χ2v) is 21.2. The summed E-state index contributed by atoms with van der Waals surface area (Å²) in [6, 6.07) is 77.6. The van der Waals surface area contributed by atoms with Crippen LogP contribution in [-0.4, -0.2) is 6.85 Å². The Kier molecular flexibility index (Phi) is 8.82. The van der Waals surface area contributed by atoms with Gasteiger partial charge in [-0.15, -0.1) is 11.3 Å². The summed E-state index contributed by atoms with van der Waals surface area (Å²) in [4.78, 5) is 5.35. The summed E-state index contributed by atoms with van der Waals surface area (Å²) >= 11 is 1.95. The Morgan fingerprint density at radius 1 is 0.448 bits per heavy atom. The molecule has 320 valence electrons. The number of hydrogen-bond acceptors (Lipinski definition) is 3. The van der Waals surface area contributed by atoms with Gasteiger partial charge in [-0.25, -0.2) is 0 Å². The highest BCUT2D eigenvalue weighted by Crippen LogP contribution is 2.57. The van der Waals surface area contributed by atoms with Crippen LogP contribution in [0.1, 0.15) is 51.3 Å². The Morgan fingerprint density at radius 3 is 1.79 bits per heavy atom. The fraction of sp³-hybridized carbons (Fsp3) is 0.111.